The smallest absolute Gasteiger partial charge is 0.500 e. The Morgan fingerprint density at radius 2 is 2.13 bits per heavy atom. The number of alkyl halides is 3. The zero-order valence-corrected chi connectivity index (χ0v) is 6.92. The molecule has 0 spiro atoms. The van der Waals surface area contributed by atoms with Gasteiger partial charge in [-0.05, 0) is 0 Å². The lowest BCUT2D eigenvalue weighted by molar-refractivity contribution is -0.275. The quantitative estimate of drug-likeness (QED) is 0.734. The third-order valence-electron chi connectivity index (χ3n) is 1.36. The maximum Gasteiger partial charge on any atom is 0.573 e. The molecule has 0 aromatic carbocycles. The first-order valence-electron chi connectivity index (χ1n) is 3.45. The number of aromatic hydroxyl groups is 1. The van der Waals surface area contributed by atoms with Crippen molar-refractivity contribution in [3.8, 4) is 17.6 Å². The second-order valence-corrected chi connectivity index (χ2v) is 2.37. The number of nitriles is 1. The van der Waals surface area contributed by atoms with E-state index < -0.39 is 29.0 Å². The Hall–Kier alpha value is -2.17. The van der Waals surface area contributed by atoms with E-state index in [-0.39, 0.29) is 0 Å². The summed E-state index contributed by atoms with van der Waals surface area (Å²) in [6.07, 6.45) is -4.38. The Bertz CT molecular complexity index is 472. The summed E-state index contributed by atoms with van der Waals surface area (Å²) in [5, 5.41) is 17.4. The van der Waals surface area contributed by atoms with Crippen LogP contribution in [-0.4, -0.2) is 16.5 Å². The summed E-state index contributed by atoms with van der Waals surface area (Å²) in [5.41, 5.74) is -1.79. The van der Waals surface area contributed by atoms with Crippen molar-refractivity contribution >= 4 is 0 Å². The van der Waals surface area contributed by atoms with Crippen molar-refractivity contribution in [3.05, 3.63) is 22.1 Å². The Morgan fingerprint density at radius 1 is 1.53 bits per heavy atom. The Balaban J connectivity index is 3.32. The van der Waals surface area contributed by atoms with Crippen LogP contribution in [0.3, 0.4) is 0 Å². The molecule has 0 aliphatic rings. The van der Waals surface area contributed by atoms with Crippen molar-refractivity contribution in [2.24, 2.45) is 0 Å². The van der Waals surface area contributed by atoms with Gasteiger partial charge in [-0.25, -0.2) is 0 Å². The topological polar surface area (TPSA) is 86.1 Å². The predicted molar refractivity (Wildman–Crippen MR) is 40.1 cm³/mol. The minimum absolute atomic E-state index is 0.621. The molecule has 0 amide bonds. The van der Waals surface area contributed by atoms with Gasteiger partial charge in [0.2, 0.25) is 5.75 Å². The summed E-state index contributed by atoms with van der Waals surface area (Å²) in [7, 11) is 0. The second-order valence-electron chi connectivity index (χ2n) is 2.37. The average Bonchev–Trinajstić information content (AvgIpc) is 2.11. The van der Waals surface area contributed by atoms with E-state index in [1.54, 1.807) is 0 Å². The van der Waals surface area contributed by atoms with Crippen LogP contribution in [0.5, 0.6) is 11.5 Å². The van der Waals surface area contributed by atoms with Crippen LogP contribution in [0.1, 0.15) is 5.56 Å². The van der Waals surface area contributed by atoms with Gasteiger partial charge in [-0.3, -0.25) is 4.79 Å². The number of rotatable bonds is 1. The van der Waals surface area contributed by atoms with Crippen molar-refractivity contribution in [1.82, 2.24) is 4.98 Å². The van der Waals surface area contributed by atoms with Gasteiger partial charge in [0.1, 0.15) is 11.6 Å². The zero-order valence-electron chi connectivity index (χ0n) is 6.92. The molecule has 0 fully saturated rings. The lowest BCUT2D eigenvalue weighted by Crippen LogP contribution is -2.20. The van der Waals surface area contributed by atoms with Gasteiger partial charge in [0.05, 0.1) is 0 Å². The van der Waals surface area contributed by atoms with E-state index in [1.165, 1.54) is 6.07 Å². The number of pyridine rings is 1. The molecular weight excluding hydrogens is 217 g/mol. The van der Waals surface area contributed by atoms with E-state index >= 15 is 0 Å². The van der Waals surface area contributed by atoms with E-state index in [1.807, 2.05) is 4.98 Å². The largest absolute Gasteiger partial charge is 0.573 e. The molecule has 2 N–H and O–H groups in total. The molecule has 0 saturated carbocycles. The van der Waals surface area contributed by atoms with Gasteiger partial charge in [-0.15, -0.1) is 13.2 Å². The highest BCUT2D eigenvalue weighted by Crippen LogP contribution is 2.30. The molecule has 8 heteroatoms. The van der Waals surface area contributed by atoms with Crippen molar-refractivity contribution in [1.29, 1.82) is 5.26 Å². The maximum absolute atomic E-state index is 11.8. The van der Waals surface area contributed by atoms with E-state index in [9.17, 15) is 18.0 Å². The first-order chi connectivity index (χ1) is 6.85. The van der Waals surface area contributed by atoms with Gasteiger partial charge in [0, 0.05) is 6.20 Å². The van der Waals surface area contributed by atoms with Gasteiger partial charge < -0.3 is 14.8 Å². The van der Waals surface area contributed by atoms with Gasteiger partial charge in [-0.1, -0.05) is 0 Å². The van der Waals surface area contributed by atoms with Crippen molar-refractivity contribution in [2.45, 2.75) is 6.36 Å². The fourth-order valence-electron chi connectivity index (χ4n) is 0.804. The Morgan fingerprint density at radius 3 is 2.60 bits per heavy atom. The van der Waals surface area contributed by atoms with E-state index in [0.717, 1.165) is 0 Å². The van der Waals surface area contributed by atoms with Gasteiger partial charge >= 0.3 is 6.36 Å². The molecule has 80 valence electrons. The maximum atomic E-state index is 11.8. The lowest BCUT2D eigenvalue weighted by Gasteiger charge is -2.10. The van der Waals surface area contributed by atoms with Crippen molar-refractivity contribution < 1.29 is 23.0 Å². The molecule has 1 aromatic heterocycles. The first-order valence-corrected chi connectivity index (χ1v) is 3.45. The molecule has 15 heavy (non-hydrogen) atoms. The molecule has 0 aliphatic heterocycles. The van der Waals surface area contributed by atoms with Crippen LogP contribution < -0.4 is 10.3 Å². The number of hydrogen-bond donors (Lipinski definition) is 2. The summed E-state index contributed by atoms with van der Waals surface area (Å²) < 4.78 is 38.8. The number of aromatic nitrogens is 1. The normalized spacial score (nSPS) is 10.8. The third-order valence-corrected chi connectivity index (χ3v) is 1.36. The molecule has 0 saturated heterocycles. The molecule has 1 aromatic rings. The minimum Gasteiger partial charge on any atom is -0.500 e. The van der Waals surface area contributed by atoms with Gasteiger partial charge in [-0.2, -0.15) is 5.26 Å². The standard InChI is InChI=1S/C7H3F3N2O3/c8-7(9,10)15-5-3(1-11)2-12-6(14)4(5)13/h2,13H,(H,12,14). The number of nitrogens with one attached hydrogen (secondary N) is 1. The summed E-state index contributed by atoms with van der Waals surface area (Å²) in [5.74, 6) is -2.49. The molecule has 5 nitrogen and oxygen atoms in total. The average molecular weight is 220 g/mol. The summed E-state index contributed by atoms with van der Waals surface area (Å²) in [6.45, 7) is 0. The number of aromatic amines is 1. The Labute approximate surface area is 80.3 Å². The van der Waals surface area contributed by atoms with E-state index in [2.05, 4.69) is 4.74 Å². The van der Waals surface area contributed by atoms with Crippen LogP contribution in [0.15, 0.2) is 11.0 Å². The van der Waals surface area contributed by atoms with Gasteiger partial charge in [0.15, 0.2) is 5.75 Å². The van der Waals surface area contributed by atoms with E-state index in [4.69, 9.17) is 10.4 Å². The molecular formula is C7H3F3N2O3. The predicted octanol–water partition coefficient (Wildman–Crippen LogP) is 0.851. The molecule has 0 radical (unpaired) electrons. The summed E-state index contributed by atoms with van der Waals surface area (Å²) in [4.78, 5) is 12.6. The highest BCUT2D eigenvalue weighted by molar-refractivity contribution is 5.49. The number of halogens is 3. The molecule has 0 unspecified atom stereocenters. The molecule has 0 aliphatic carbocycles. The third kappa shape index (κ3) is 2.40. The monoisotopic (exact) mass is 220 g/mol. The van der Waals surface area contributed by atoms with E-state index in [0.29, 0.717) is 6.20 Å². The summed E-state index contributed by atoms with van der Waals surface area (Å²) in [6, 6.07) is 1.33. The van der Waals surface area contributed by atoms with Gasteiger partial charge in [0.25, 0.3) is 5.56 Å². The molecule has 0 bridgehead atoms. The SMILES string of the molecule is N#Cc1c[nH]c(=O)c(O)c1OC(F)(F)F. The van der Waals surface area contributed by atoms with Crippen molar-refractivity contribution in [3.63, 3.8) is 0 Å². The second kappa shape index (κ2) is 3.53. The first kappa shape index (κ1) is 10.9. The number of hydrogen-bond acceptors (Lipinski definition) is 4. The molecule has 1 heterocycles. The molecule has 1 rings (SSSR count). The lowest BCUT2D eigenvalue weighted by atomic mass is 10.2. The number of H-pyrrole nitrogens is 1. The fraction of sp³-hybridized carbons (Fsp3) is 0.143. The molecule has 0 atom stereocenters. The van der Waals surface area contributed by atoms with Crippen molar-refractivity contribution in [2.75, 3.05) is 0 Å². The fourth-order valence-corrected chi connectivity index (χ4v) is 0.804. The van der Waals surface area contributed by atoms with Crippen LogP contribution in [0.2, 0.25) is 0 Å². The Kier molecular flexibility index (Phi) is 2.57. The highest BCUT2D eigenvalue weighted by atomic mass is 19.4. The highest BCUT2D eigenvalue weighted by Gasteiger charge is 2.34. The van der Waals surface area contributed by atoms with Crippen LogP contribution in [0, 0.1) is 11.3 Å². The van der Waals surface area contributed by atoms with Crippen LogP contribution >= 0.6 is 0 Å². The number of nitrogens with zero attached hydrogens (tertiary/aromatic N) is 1. The van der Waals surface area contributed by atoms with Crippen LogP contribution in [0.25, 0.3) is 0 Å². The van der Waals surface area contributed by atoms with Crippen LogP contribution in [-0.2, 0) is 0 Å². The minimum atomic E-state index is -5.09. The zero-order chi connectivity index (χ0) is 11.6. The van der Waals surface area contributed by atoms with Crippen LogP contribution in [0.4, 0.5) is 13.2 Å². The number of ether oxygens (including phenoxy) is 1. The summed E-state index contributed by atoms with van der Waals surface area (Å²) >= 11 is 0.